The molecule has 3 aromatic carbocycles. The molecule has 0 N–H and O–H groups in total. The first-order valence-corrected chi connectivity index (χ1v) is 12.9. The minimum atomic E-state index is -3.77. The van der Waals surface area contributed by atoms with E-state index < -0.39 is 30.2 Å². The van der Waals surface area contributed by atoms with Gasteiger partial charge in [0.05, 0.1) is 25.4 Å². The Balaban J connectivity index is 1.62. The average molecular weight is 509 g/mol. The number of carbonyl (C=O) groups is 1. The van der Waals surface area contributed by atoms with E-state index in [4.69, 9.17) is 14.2 Å². The number of alkyl halides is 2. The smallest absolute Gasteiger partial charge is 0.379 e. The molecule has 1 aliphatic heterocycles. The Labute approximate surface area is 217 Å². The van der Waals surface area contributed by atoms with Crippen LogP contribution in [0.2, 0.25) is 0 Å². The van der Waals surface area contributed by atoms with Crippen molar-refractivity contribution in [2.24, 2.45) is 5.92 Å². The molecule has 1 heterocycles. The van der Waals surface area contributed by atoms with Gasteiger partial charge in [0.15, 0.2) is 0 Å². The number of aryl methyl sites for hydroxylation is 1. The van der Waals surface area contributed by atoms with Gasteiger partial charge in [0.25, 0.3) is 0 Å². The third-order valence-electron chi connectivity index (χ3n) is 6.87. The van der Waals surface area contributed by atoms with Crippen LogP contribution < -0.4 is 0 Å². The maximum absolute atomic E-state index is 15.3. The second kappa shape index (κ2) is 12.9. The van der Waals surface area contributed by atoms with Gasteiger partial charge in [-0.2, -0.15) is 8.78 Å². The molecule has 0 spiro atoms. The van der Waals surface area contributed by atoms with Crippen LogP contribution in [0.5, 0.6) is 0 Å². The Bertz CT molecular complexity index is 1040. The van der Waals surface area contributed by atoms with Gasteiger partial charge in [-0.3, -0.25) is 0 Å². The zero-order valence-corrected chi connectivity index (χ0v) is 21.1. The largest absolute Gasteiger partial charge is 0.461 e. The second-order valence-electron chi connectivity index (χ2n) is 9.46. The first-order chi connectivity index (χ1) is 18.0. The molecular formula is C31H34F2O4. The van der Waals surface area contributed by atoms with Crippen molar-refractivity contribution in [3.63, 3.8) is 0 Å². The lowest BCUT2D eigenvalue weighted by Gasteiger charge is -2.43. The van der Waals surface area contributed by atoms with E-state index in [-0.39, 0.29) is 18.9 Å². The molecule has 4 rings (SSSR count). The quantitative estimate of drug-likeness (QED) is 0.281. The van der Waals surface area contributed by atoms with Crippen LogP contribution in [-0.2, 0) is 38.5 Å². The van der Waals surface area contributed by atoms with E-state index in [1.165, 1.54) is 6.92 Å². The topological polar surface area (TPSA) is 44.8 Å². The molecule has 0 aromatic heterocycles. The van der Waals surface area contributed by atoms with Crippen molar-refractivity contribution in [2.75, 3.05) is 6.61 Å². The lowest BCUT2D eigenvalue weighted by molar-refractivity contribution is -0.236. The summed E-state index contributed by atoms with van der Waals surface area (Å²) in [7, 11) is 0. The van der Waals surface area contributed by atoms with Gasteiger partial charge < -0.3 is 14.2 Å². The molecule has 196 valence electrons. The highest BCUT2D eigenvalue weighted by Crippen LogP contribution is 2.39. The summed E-state index contributed by atoms with van der Waals surface area (Å²) in [4.78, 5) is 12.2. The number of hydrogen-bond acceptors (Lipinski definition) is 4. The fourth-order valence-corrected chi connectivity index (χ4v) is 4.94. The molecule has 4 unspecified atom stereocenters. The molecule has 0 saturated carbocycles. The maximum Gasteiger partial charge on any atom is 0.379 e. The predicted molar refractivity (Wildman–Crippen MR) is 138 cm³/mol. The first-order valence-electron chi connectivity index (χ1n) is 12.9. The summed E-state index contributed by atoms with van der Waals surface area (Å²) < 4.78 is 47.6. The Morgan fingerprint density at radius 1 is 0.892 bits per heavy atom. The summed E-state index contributed by atoms with van der Waals surface area (Å²) in [5.41, 5.74) is 3.15. The van der Waals surface area contributed by atoms with Gasteiger partial charge in [-0.05, 0) is 42.9 Å². The van der Waals surface area contributed by atoms with E-state index in [1.54, 1.807) is 0 Å². The van der Waals surface area contributed by atoms with Crippen LogP contribution in [0, 0.1) is 5.92 Å². The molecule has 1 fully saturated rings. The molecule has 4 nitrogen and oxygen atoms in total. The van der Waals surface area contributed by atoms with Gasteiger partial charge in [-0.25, -0.2) is 4.79 Å². The molecule has 6 heteroatoms. The Hall–Kier alpha value is -3.09. The Morgan fingerprint density at radius 3 is 2.05 bits per heavy atom. The van der Waals surface area contributed by atoms with Gasteiger partial charge in [-0.15, -0.1) is 0 Å². The van der Waals surface area contributed by atoms with Gasteiger partial charge in [0.2, 0.25) is 0 Å². The summed E-state index contributed by atoms with van der Waals surface area (Å²) in [5, 5.41) is 0. The number of benzene rings is 3. The molecule has 0 bridgehead atoms. The highest BCUT2D eigenvalue weighted by atomic mass is 19.3. The molecule has 37 heavy (non-hydrogen) atoms. The van der Waals surface area contributed by atoms with Crippen molar-refractivity contribution in [3.8, 4) is 0 Å². The normalized spacial score (nSPS) is 21.9. The van der Waals surface area contributed by atoms with E-state index in [9.17, 15) is 4.79 Å². The molecule has 0 radical (unpaired) electrons. The predicted octanol–water partition coefficient (Wildman–Crippen LogP) is 6.42. The monoisotopic (exact) mass is 508 g/mol. The third-order valence-corrected chi connectivity index (χ3v) is 6.87. The molecule has 1 saturated heterocycles. The van der Waals surface area contributed by atoms with Crippen molar-refractivity contribution in [1.29, 1.82) is 0 Å². The average Bonchev–Trinajstić information content (AvgIpc) is 2.93. The van der Waals surface area contributed by atoms with E-state index >= 15 is 8.78 Å². The number of ether oxygens (including phenoxy) is 3. The van der Waals surface area contributed by atoms with E-state index in [0.717, 1.165) is 16.7 Å². The molecule has 4 atom stereocenters. The maximum atomic E-state index is 15.3. The lowest BCUT2D eigenvalue weighted by Crippen LogP contribution is -2.55. The first kappa shape index (κ1) is 27.0. The van der Waals surface area contributed by atoms with Crippen LogP contribution in [0.15, 0.2) is 91.0 Å². The third kappa shape index (κ3) is 7.24. The van der Waals surface area contributed by atoms with Crippen LogP contribution in [0.25, 0.3) is 0 Å². The van der Waals surface area contributed by atoms with Crippen molar-refractivity contribution in [2.45, 2.75) is 63.4 Å². The van der Waals surface area contributed by atoms with Crippen LogP contribution >= 0.6 is 0 Å². The van der Waals surface area contributed by atoms with Crippen molar-refractivity contribution < 1.29 is 27.8 Å². The standard InChI is InChI=1S/C31H34F2O4/c1-2-35-30(34)31(32,33)29-21-28(36-22-25-16-10-5-11-17-25)26(20-24-14-8-4-9-15-24)27(37-29)19-18-23-12-6-3-7-13-23/h3-17,26-29H,2,18-22H2,1H3. The van der Waals surface area contributed by atoms with Gasteiger partial charge in [0.1, 0.15) is 6.10 Å². The fraction of sp³-hybridized carbons (Fsp3) is 0.387. The highest BCUT2D eigenvalue weighted by Gasteiger charge is 2.55. The van der Waals surface area contributed by atoms with Crippen LogP contribution in [0.1, 0.15) is 36.5 Å². The summed E-state index contributed by atoms with van der Waals surface area (Å²) in [5.74, 6) is -5.48. The summed E-state index contributed by atoms with van der Waals surface area (Å²) >= 11 is 0. The van der Waals surface area contributed by atoms with Crippen molar-refractivity contribution >= 4 is 5.97 Å². The number of hydrogen-bond donors (Lipinski definition) is 0. The van der Waals surface area contributed by atoms with E-state index in [0.29, 0.717) is 25.9 Å². The zero-order chi connectivity index (χ0) is 26.1. The molecular weight excluding hydrogens is 474 g/mol. The van der Waals surface area contributed by atoms with Gasteiger partial charge in [0, 0.05) is 12.3 Å². The molecule has 0 aliphatic carbocycles. The van der Waals surface area contributed by atoms with Crippen molar-refractivity contribution in [3.05, 3.63) is 108 Å². The van der Waals surface area contributed by atoms with E-state index in [2.05, 4.69) is 0 Å². The van der Waals surface area contributed by atoms with Gasteiger partial charge in [-0.1, -0.05) is 91.0 Å². The number of halogens is 2. The summed E-state index contributed by atoms with van der Waals surface area (Å²) in [6.07, 6.45) is -0.960. The Kier molecular flexibility index (Phi) is 9.42. The Morgan fingerprint density at radius 2 is 1.46 bits per heavy atom. The second-order valence-corrected chi connectivity index (χ2v) is 9.46. The van der Waals surface area contributed by atoms with Crippen LogP contribution in [0.3, 0.4) is 0 Å². The summed E-state index contributed by atoms with van der Waals surface area (Å²) in [6, 6.07) is 29.5. The number of esters is 1. The molecule has 1 aliphatic rings. The highest BCUT2D eigenvalue weighted by molar-refractivity contribution is 5.78. The van der Waals surface area contributed by atoms with E-state index in [1.807, 2.05) is 91.0 Å². The fourth-order valence-electron chi connectivity index (χ4n) is 4.94. The minimum Gasteiger partial charge on any atom is -0.461 e. The van der Waals surface area contributed by atoms with Crippen molar-refractivity contribution in [1.82, 2.24) is 0 Å². The van der Waals surface area contributed by atoms with Crippen LogP contribution in [0.4, 0.5) is 8.78 Å². The SMILES string of the molecule is CCOC(=O)C(F)(F)C1CC(OCc2ccccc2)C(Cc2ccccc2)C(CCc2ccccc2)O1. The molecule has 0 amide bonds. The molecule has 3 aromatic rings. The van der Waals surface area contributed by atoms with Crippen LogP contribution in [-0.4, -0.2) is 36.8 Å². The number of rotatable bonds is 11. The van der Waals surface area contributed by atoms with Gasteiger partial charge >= 0.3 is 11.9 Å². The lowest BCUT2D eigenvalue weighted by atomic mass is 9.80. The minimum absolute atomic E-state index is 0.0992. The summed E-state index contributed by atoms with van der Waals surface area (Å²) in [6.45, 7) is 1.68. The zero-order valence-electron chi connectivity index (χ0n) is 21.1. The number of carbonyl (C=O) groups excluding carboxylic acids is 1.